The lowest BCUT2D eigenvalue weighted by Crippen LogP contribution is -2.13. The van der Waals surface area contributed by atoms with Crippen LogP contribution in [0.5, 0.6) is 0 Å². The molecule has 22 heavy (non-hydrogen) atoms. The Hall–Kier alpha value is -1.80. The lowest BCUT2D eigenvalue weighted by atomic mass is 10.2. The van der Waals surface area contributed by atoms with Crippen molar-refractivity contribution >= 4 is 32.2 Å². The van der Waals surface area contributed by atoms with E-state index in [4.69, 9.17) is 0 Å². The molecule has 0 radical (unpaired) electrons. The van der Waals surface area contributed by atoms with Crippen LogP contribution in [0.4, 0.5) is 9.52 Å². The summed E-state index contributed by atoms with van der Waals surface area (Å²) < 4.78 is 34.8. The molecule has 2 aromatic rings. The number of aromatic nitrogens is 1. The number of hydrogen-bond acceptors (Lipinski definition) is 5. The zero-order valence-electron chi connectivity index (χ0n) is 11.9. The molecule has 5 nitrogen and oxygen atoms in total. The fourth-order valence-corrected chi connectivity index (χ4v) is 3.17. The van der Waals surface area contributed by atoms with Gasteiger partial charge in [-0.25, -0.2) is 17.8 Å². The first-order valence-electron chi connectivity index (χ1n) is 6.52. The number of hydrogen-bond donors (Lipinski definition) is 1. The molecule has 1 amide bonds. The number of anilines is 1. The van der Waals surface area contributed by atoms with Crippen LogP contribution in [0.25, 0.3) is 11.3 Å². The second-order valence-electron chi connectivity index (χ2n) is 4.83. The van der Waals surface area contributed by atoms with Gasteiger partial charge in [0.05, 0.1) is 11.4 Å². The molecule has 1 aromatic heterocycles. The summed E-state index contributed by atoms with van der Waals surface area (Å²) in [6.45, 7) is 0. The average molecular weight is 342 g/mol. The van der Waals surface area contributed by atoms with E-state index in [0.29, 0.717) is 10.8 Å². The predicted octanol–water partition coefficient (Wildman–Crippen LogP) is 2.71. The molecule has 0 atom stereocenters. The molecule has 0 bridgehead atoms. The van der Waals surface area contributed by atoms with Crippen molar-refractivity contribution in [3.05, 3.63) is 35.5 Å². The van der Waals surface area contributed by atoms with Crippen molar-refractivity contribution in [3.63, 3.8) is 0 Å². The number of amides is 1. The Morgan fingerprint density at radius 3 is 2.64 bits per heavy atom. The Morgan fingerprint density at radius 1 is 1.32 bits per heavy atom. The maximum atomic E-state index is 12.9. The summed E-state index contributed by atoms with van der Waals surface area (Å²) in [5.74, 6) is -0.610. The third kappa shape index (κ3) is 5.19. The van der Waals surface area contributed by atoms with Gasteiger partial charge in [0.1, 0.15) is 15.7 Å². The van der Waals surface area contributed by atoms with Gasteiger partial charge < -0.3 is 5.32 Å². The normalized spacial score (nSPS) is 11.4. The number of carbonyl (C=O) groups excluding carboxylic acids is 1. The van der Waals surface area contributed by atoms with Gasteiger partial charge in [-0.05, 0) is 30.7 Å². The first kappa shape index (κ1) is 16.6. The Morgan fingerprint density at radius 2 is 2.00 bits per heavy atom. The summed E-state index contributed by atoms with van der Waals surface area (Å²) in [5.41, 5.74) is 1.41. The van der Waals surface area contributed by atoms with Crippen molar-refractivity contribution in [2.24, 2.45) is 0 Å². The van der Waals surface area contributed by atoms with E-state index in [1.54, 1.807) is 17.5 Å². The molecule has 0 aliphatic rings. The summed E-state index contributed by atoms with van der Waals surface area (Å²) in [4.78, 5) is 16.0. The SMILES string of the molecule is CS(=O)(=O)CCCC(=O)Nc1nc(-c2ccc(F)cc2)cs1. The maximum absolute atomic E-state index is 12.9. The van der Waals surface area contributed by atoms with Gasteiger partial charge in [0.25, 0.3) is 0 Å². The van der Waals surface area contributed by atoms with E-state index in [2.05, 4.69) is 10.3 Å². The number of nitrogens with zero attached hydrogens (tertiary/aromatic N) is 1. The zero-order chi connectivity index (χ0) is 16.2. The highest BCUT2D eigenvalue weighted by Gasteiger charge is 2.09. The fourth-order valence-electron chi connectivity index (χ4n) is 1.76. The molecule has 0 unspecified atom stereocenters. The van der Waals surface area contributed by atoms with E-state index in [-0.39, 0.29) is 30.3 Å². The lowest BCUT2D eigenvalue weighted by molar-refractivity contribution is -0.116. The van der Waals surface area contributed by atoms with Crippen LogP contribution in [-0.2, 0) is 14.6 Å². The van der Waals surface area contributed by atoms with E-state index in [1.807, 2.05) is 0 Å². The molecular formula is C14H15FN2O3S2. The predicted molar refractivity (Wildman–Crippen MR) is 85.1 cm³/mol. The van der Waals surface area contributed by atoms with Crippen molar-refractivity contribution < 1.29 is 17.6 Å². The van der Waals surface area contributed by atoms with Crippen LogP contribution in [0, 0.1) is 5.82 Å². The monoisotopic (exact) mass is 342 g/mol. The zero-order valence-corrected chi connectivity index (χ0v) is 13.5. The molecule has 0 aliphatic heterocycles. The van der Waals surface area contributed by atoms with Crippen molar-refractivity contribution in [1.29, 1.82) is 0 Å². The van der Waals surface area contributed by atoms with Crippen molar-refractivity contribution in [2.75, 3.05) is 17.3 Å². The summed E-state index contributed by atoms with van der Waals surface area (Å²) in [5, 5.41) is 4.83. The van der Waals surface area contributed by atoms with E-state index in [0.717, 1.165) is 11.8 Å². The molecule has 0 fully saturated rings. The van der Waals surface area contributed by atoms with E-state index >= 15 is 0 Å². The minimum absolute atomic E-state index is 0.0148. The van der Waals surface area contributed by atoms with Gasteiger partial charge in [0.15, 0.2) is 5.13 Å². The molecule has 0 spiro atoms. The number of nitrogens with one attached hydrogen (secondary N) is 1. The molecule has 1 N–H and O–H groups in total. The summed E-state index contributed by atoms with van der Waals surface area (Å²) >= 11 is 1.26. The summed E-state index contributed by atoms with van der Waals surface area (Å²) in [7, 11) is -3.05. The molecule has 118 valence electrons. The number of carbonyl (C=O) groups is 1. The fraction of sp³-hybridized carbons (Fsp3) is 0.286. The van der Waals surface area contributed by atoms with Gasteiger partial charge in [-0.3, -0.25) is 4.79 Å². The highest BCUT2D eigenvalue weighted by molar-refractivity contribution is 7.90. The topological polar surface area (TPSA) is 76.1 Å². The molecular weight excluding hydrogens is 327 g/mol. The second-order valence-corrected chi connectivity index (χ2v) is 7.94. The van der Waals surface area contributed by atoms with Crippen molar-refractivity contribution in [2.45, 2.75) is 12.8 Å². The molecule has 8 heteroatoms. The van der Waals surface area contributed by atoms with Gasteiger partial charge in [-0.1, -0.05) is 0 Å². The van der Waals surface area contributed by atoms with Crippen LogP contribution in [0.1, 0.15) is 12.8 Å². The first-order valence-corrected chi connectivity index (χ1v) is 9.46. The summed E-state index contributed by atoms with van der Waals surface area (Å²) in [6.07, 6.45) is 1.54. The van der Waals surface area contributed by atoms with Gasteiger partial charge >= 0.3 is 0 Å². The van der Waals surface area contributed by atoms with Crippen LogP contribution >= 0.6 is 11.3 Å². The van der Waals surface area contributed by atoms with Crippen molar-refractivity contribution in [3.8, 4) is 11.3 Å². The maximum Gasteiger partial charge on any atom is 0.226 e. The standard InChI is InChI=1S/C14H15FN2O3S2/c1-22(19,20)8-2-3-13(18)17-14-16-12(9-21-14)10-4-6-11(15)7-5-10/h4-7,9H,2-3,8H2,1H3,(H,16,17,18). The number of rotatable bonds is 6. The van der Waals surface area contributed by atoms with Crippen LogP contribution < -0.4 is 5.32 Å². The van der Waals surface area contributed by atoms with E-state index < -0.39 is 9.84 Å². The highest BCUT2D eigenvalue weighted by Crippen LogP contribution is 2.25. The summed E-state index contributed by atoms with van der Waals surface area (Å²) in [6, 6.07) is 5.92. The van der Waals surface area contributed by atoms with Gasteiger partial charge in [0, 0.05) is 23.6 Å². The third-order valence-electron chi connectivity index (χ3n) is 2.81. The second kappa shape index (κ2) is 6.97. The largest absolute Gasteiger partial charge is 0.302 e. The Balaban J connectivity index is 1.91. The van der Waals surface area contributed by atoms with E-state index in [1.165, 1.54) is 23.5 Å². The molecule has 0 aliphatic carbocycles. The Bertz CT molecular complexity index is 755. The molecule has 1 aromatic carbocycles. The number of sulfone groups is 1. The molecule has 2 rings (SSSR count). The number of benzene rings is 1. The lowest BCUT2D eigenvalue weighted by Gasteiger charge is -2.01. The molecule has 1 heterocycles. The number of halogens is 1. The third-order valence-corrected chi connectivity index (χ3v) is 4.60. The first-order chi connectivity index (χ1) is 10.3. The Labute approximate surface area is 132 Å². The van der Waals surface area contributed by atoms with E-state index in [9.17, 15) is 17.6 Å². The van der Waals surface area contributed by atoms with Crippen LogP contribution in [0.3, 0.4) is 0 Å². The molecule has 0 saturated heterocycles. The minimum Gasteiger partial charge on any atom is -0.302 e. The van der Waals surface area contributed by atoms with Gasteiger partial charge in [-0.15, -0.1) is 11.3 Å². The Kier molecular flexibility index (Phi) is 5.25. The van der Waals surface area contributed by atoms with Gasteiger partial charge in [-0.2, -0.15) is 0 Å². The molecule has 0 saturated carbocycles. The average Bonchev–Trinajstić information content (AvgIpc) is 2.86. The number of thiazole rings is 1. The van der Waals surface area contributed by atoms with Crippen LogP contribution in [-0.4, -0.2) is 31.3 Å². The van der Waals surface area contributed by atoms with Gasteiger partial charge in [0.2, 0.25) is 5.91 Å². The van der Waals surface area contributed by atoms with Crippen LogP contribution in [0.2, 0.25) is 0 Å². The smallest absolute Gasteiger partial charge is 0.226 e. The van der Waals surface area contributed by atoms with Crippen LogP contribution in [0.15, 0.2) is 29.6 Å². The quantitative estimate of drug-likeness (QED) is 0.876. The van der Waals surface area contributed by atoms with Crippen molar-refractivity contribution in [1.82, 2.24) is 4.98 Å². The minimum atomic E-state index is -3.05. The highest BCUT2D eigenvalue weighted by atomic mass is 32.2.